The van der Waals surface area contributed by atoms with E-state index in [9.17, 15) is 9.18 Å². The van der Waals surface area contributed by atoms with E-state index in [2.05, 4.69) is 46.4 Å². The highest BCUT2D eigenvalue weighted by Crippen LogP contribution is 2.15. The third kappa shape index (κ3) is 6.26. The van der Waals surface area contributed by atoms with E-state index >= 15 is 0 Å². The van der Waals surface area contributed by atoms with Crippen LogP contribution in [0, 0.1) is 12.7 Å². The standard InChI is InChI=1S/C23H26FN3O2/c1-16(2)25-23(28)21-15-29-22(26-21)14-27(12-18-6-4-17(3)5-7-18)13-19-8-10-20(24)11-9-19/h4-11,15-16H,12-14H2,1-3H3,(H,25,28). The van der Waals surface area contributed by atoms with Crippen LogP contribution in [-0.4, -0.2) is 21.8 Å². The van der Waals surface area contributed by atoms with Crippen LogP contribution in [0.1, 0.15) is 46.9 Å². The fraction of sp³-hybridized carbons (Fsp3) is 0.304. The zero-order chi connectivity index (χ0) is 20.8. The average Bonchev–Trinajstić information content (AvgIpc) is 3.13. The molecular formula is C23H26FN3O2. The molecule has 1 N–H and O–H groups in total. The SMILES string of the molecule is Cc1ccc(CN(Cc2ccc(F)cc2)Cc2nc(C(=O)NC(C)C)co2)cc1. The topological polar surface area (TPSA) is 58.4 Å². The third-order valence-electron chi connectivity index (χ3n) is 4.41. The first kappa shape index (κ1) is 20.7. The molecule has 0 aliphatic rings. The lowest BCUT2D eigenvalue weighted by atomic mass is 10.1. The number of nitrogens with one attached hydrogen (secondary N) is 1. The Hall–Kier alpha value is -2.99. The number of aromatic nitrogens is 1. The maximum absolute atomic E-state index is 13.2. The number of amides is 1. The second kappa shape index (κ2) is 9.47. The minimum absolute atomic E-state index is 0.0270. The van der Waals surface area contributed by atoms with E-state index in [0.717, 1.165) is 11.1 Å². The van der Waals surface area contributed by atoms with Crippen molar-refractivity contribution in [1.29, 1.82) is 0 Å². The van der Waals surface area contributed by atoms with E-state index in [1.807, 2.05) is 13.8 Å². The molecule has 0 spiro atoms. The van der Waals surface area contributed by atoms with Crippen molar-refractivity contribution in [3.05, 3.63) is 88.9 Å². The fourth-order valence-corrected chi connectivity index (χ4v) is 2.98. The first-order valence-corrected chi connectivity index (χ1v) is 9.66. The number of benzene rings is 2. The van der Waals surface area contributed by atoms with E-state index in [0.29, 0.717) is 25.5 Å². The van der Waals surface area contributed by atoms with Crippen molar-refractivity contribution < 1.29 is 13.6 Å². The third-order valence-corrected chi connectivity index (χ3v) is 4.41. The zero-order valence-electron chi connectivity index (χ0n) is 17.0. The van der Waals surface area contributed by atoms with Crippen LogP contribution >= 0.6 is 0 Å². The van der Waals surface area contributed by atoms with Crippen molar-refractivity contribution in [3.63, 3.8) is 0 Å². The molecule has 0 unspecified atom stereocenters. The van der Waals surface area contributed by atoms with Gasteiger partial charge in [0, 0.05) is 19.1 Å². The first-order chi connectivity index (χ1) is 13.9. The quantitative estimate of drug-likeness (QED) is 0.612. The van der Waals surface area contributed by atoms with Gasteiger partial charge in [-0.05, 0) is 44.0 Å². The summed E-state index contributed by atoms with van der Waals surface area (Å²) >= 11 is 0. The van der Waals surface area contributed by atoms with Gasteiger partial charge in [0.2, 0.25) is 5.89 Å². The van der Waals surface area contributed by atoms with E-state index in [-0.39, 0.29) is 23.5 Å². The highest BCUT2D eigenvalue weighted by molar-refractivity contribution is 5.92. The summed E-state index contributed by atoms with van der Waals surface area (Å²) in [7, 11) is 0. The van der Waals surface area contributed by atoms with Crippen molar-refractivity contribution in [2.24, 2.45) is 0 Å². The number of halogens is 1. The molecule has 1 amide bonds. The highest BCUT2D eigenvalue weighted by Gasteiger charge is 2.16. The summed E-state index contributed by atoms with van der Waals surface area (Å²) in [5.74, 6) is -0.0425. The molecule has 0 saturated heterocycles. The number of carbonyl (C=O) groups is 1. The van der Waals surface area contributed by atoms with Crippen LogP contribution in [0.4, 0.5) is 4.39 Å². The van der Waals surface area contributed by atoms with Crippen molar-refractivity contribution in [1.82, 2.24) is 15.2 Å². The van der Waals surface area contributed by atoms with Gasteiger partial charge in [-0.1, -0.05) is 42.0 Å². The van der Waals surface area contributed by atoms with Gasteiger partial charge in [-0.15, -0.1) is 0 Å². The lowest BCUT2D eigenvalue weighted by Crippen LogP contribution is -2.30. The van der Waals surface area contributed by atoms with Gasteiger partial charge < -0.3 is 9.73 Å². The van der Waals surface area contributed by atoms with Crippen LogP contribution in [0.2, 0.25) is 0 Å². The van der Waals surface area contributed by atoms with Crippen molar-refractivity contribution >= 4 is 5.91 Å². The van der Waals surface area contributed by atoms with Gasteiger partial charge in [-0.25, -0.2) is 9.37 Å². The number of aryl methyl sites for hydroxylation is 1. The maximum atomic E-state index is 13.2. The van der Waals surface area contributed by atoms with Crippen LogP contribution in [-0.2, 0) is 19.6 Å². The Balaban J connectivity index is 1.75. The Morgan fingerprint density at radius 3 is 2.21 bits per heavy atom. The molecule has 0 aliphatic heterocycles. The number of hydrogen-bond donors (Lipinski definition) is 1. The van der Waals surface area contributed by atoms with Gasteiger partial charge >= 0.3 is 0 Å². The lowest BCUT2D eigenvalue weighted by Gasteiger charge is -2.21. The molecule has 0 aliphatic carbocycles. The molecule has 0 bridgehead atoms. The fourth-order valence-electron chi connectivity index (χ4n) is 2.98. The van der Waals surface area contributed by atoms with Crippen LogP contribution in [0.25, 0.3) is 0 Å². The van der Waals surface area contributed by atoms with Gasteiger partial charge in [0.05, 0.1) is 6.54 Å². The minimum Gasteiger partial charge on any atom is -0.447 e. The largest absolute Gasteiger partial charge is 0.447 e. The molecule has 0 saturated carbocycles. The molecule has 2 aromatic carbocycles. The Morgan fingerprint density at radius 2 is 1.62 bits per heavy atom. The smallest absolute Gasteiger partial charge is 0.273 e. The number of rotatable bonds is 8. The summed E-state index contributed by atoms with van der Waals surface area (Å²) in [6.07, 6.45) is 1.38. The average molecular weight is 395 g/mol. The monoisotopic (exact) mass is 395 g/mol. The zero-order valence-corrected chi connectivity index (χ0v) is 17.0. The molecule has 5 nitrogen and oxygen atoms in total. The van der Waals surface area contributed by atoms with E-state index in [1.165, 1.54) is 24.0 Å². The van der Waals surface area contributed by atoms with Crippen LogP contribution in [0.15, 0.2) is 59.2 Å². The van der Waals surface area contributed by atoms with Crippen molar-refractivity contribution in [3.8, 4) is 0 Å². The predicted octanol–water partition coefficient (Wildman–Crippen LogP) is 4.46. The van der Waals surface area contributed by atoms with Crippen molar-refractivity contribution in [2.45, 2.75) is 46.4 Å². The molecule has 152 valence electrons. The maximum Gasteiger partial charge on any atom is 0.273 e. The highest BCUT2D eigenvalue weighted by atomic mass is 19.1. The Bertz CT molecular complexity index is 886. The Labute approximate surface area is 170 Å². The molecule has 0 fully saturated rings. The summed E-state index contributed by atoms with van der Waals surface area (Å²) < 4.78 is 18.8. The summed E-state index contributed by atoms with van der Waals surface area (Å²) in [5, 5.41) is 2.81. The molecule has 29 heavy (non-hydrogen) atoms. The molecular weight excluding hydrogens is 369 g/mol. The molecule has 1 heterocycles. The van der Waals surface area contributed by atoms with Gasteiger partial charge in [0.1, 0.15) is 12.1 Å². The lowest BCUT2D eigenvalue weighted by molar-refractivity contribution is 0.0938. The molecule has 0 atom stereocenters. The number of oxazole rings is 1. The van der Waals surface area contributed by atoms with Gasteiger partial charge in [0.15, 0.2) is 5.69 Å². The molecule has 3 aromatic rings. The number of carbonyl (C=O) groups excluding carboxylic acids is 1. The number of nitrogens with zero attached hydrogens (tertiary/aromatic N) is 2. The number of hydrogen-bond acceptors (Lipinski definition) is 4. The Kier molecular flexibility index (Phi) is 6.77. The molecule has 0 radical (unpaired) electrons. The summed E-state index contributed by atoms with van der Waals surface area (Å²) in [6, 6.07) is 14.8. The normalized spacial score (nSPS) is 11.2. The summed E-state index contributed by atoms with van der Waals surface area (Å²) in [4.78, 5) is 18.6. The van der Waals surface area contributed by atoms with Gasteiger partial charge in [-0.2, -0.15) is 0 Å². The molecule has 6 heteroatoms. The van der Waals surface area contributed by atoms with E-state index in [1.54, 1.807) is 12.1 Å². The van der Waals surface area contributed by atoms with E-state index in [4.69, 9.17) is 4.42 Å². The second-order valence-corrected chi connectivity index (χ2v) is 7.51. The van der Waals surface area contributed by atoms with Gasteiger partial charge in [-0.3, -0.25) is 9.69 Å². The summed E-state index contributed by atoms with van der Waals surface area (Å²) in [6.45, 7) is 7.55. The predicted molar refractivity (Wildman–Crippen MR) is 110 cm³/mol. The molecule has 1 aromatic heterocycles. The van der Waals surface area contributed by atoms with Crippen molar-refractivity contribution in [2.75, 3.05) is 0 Å². The van der Waals surface area contributed by atoms with Crippen LogP contribution < -0.4 is 5.32 Å². The summed E-state index contributed by atoms with van der Waals surface area (Å²) in [5.41, 5.74) is 3.61. The first-order valence-electron chi connectivity index (χ1n) is 9.66. The van der Waals surface area contributed by atoms with Crippen LogP contribution in [0.3, 0.4) is 0 Å². The Morgan fingerprint density at radius 1 is 1.03 bits per heavy atom. The molecule has 3 rings (SSSR count). The minimum atomic E-state index is -0.257. The van der Waals surface area contributed by atoms with Crippen LogP contribution in [0.5, 0.6) is 0 Å². The van der Waals surface area contributed by atoms with Gasteiger partial charge in [0.25, 0.3) is 5.91 Å². The van der Waals surface area contributed by atoms with E-state index < -0.39 is 0 Å². The second-order valence-electron chi connectivity index (χ2n) is 7.51.